The van der Waals surface area contributed by atoms with Gasteiger partial charge in [0.05, 0.1) is 41.7 Å². The van der Waals surface area contributed by atoms with Gasteiger partial charge in [-0.15, -0.1) is 0 Å². The molecule has 142 valence electrons. The fourth-order valence-corrected chi connectivity index (χ4v) is 3.66. The van der Waals surface area contributed by atoms with Crippen LogP contribution in [0.3, 0.4) is 0 Å². The molecule has 1 spiro atoms. The molecule has 3 aliphatic rings. The fraction of sp³-hybridized carbons (Fsp3) is 0.579. The van der Waals surface area contributed by atoms with Crippen LogP contribution in [0.4, 0.5) is 4.39 Å². The molecule has 1 saturated carbocycles. The van der Waals surface area contributed by atoms with Gasteiger partial charge >= 0.3 is 7.12 Å². The molecule has 2 fully saturated rings. The van der Waals surface area contributed by atoms with Gasteiger partial charge in [-0.1, -0.05) is 0 Å². The van der Waals surface area contributed by atoms with Crippen molar-refractivity contribution in [1.29, 1.82) is 0 Å². The first-order chi connectivity index (χ1) is 12.7. The average Bonchev–Trinajstić information content (AvgIpc) is 3.16. The molecule has 27 heavy (non-hydrogen) atoms. The van der Waals surface area contributed by atoms with E-state index < -0.39 is 18.3 Å². The SMILES string of the molecule is CC1(C)OB(c2c(-c3ccc(F)cn3)nn3c2OCC2(CC2)C3)OC1(C)C. The molecule has 0 aromatic carbocycles. The van der Waals surface area contributed by atoms with E-state index in [-0.39, 0.29) is 11.2 Å². The summed E-state index contributed by atoms with van der Waals surface area (Å²) in [5, 5.41) is 4.77. The van der Waals surface area contributed by atoms with E-state index in [0.29, 0.717) is 23.9 Å². The summed E-state index contributed by atoms with van der Waals surface area (Å²) in [6.45, 7) is 9.55. The van der Waals surface area contributed by atoms with Crippen LogP contribution in [0.5, 0.6) is 5.88 Å². The van der Waals surface area contributed by atoms with Crippen molar-refractivity contribution < 1.29 is 18.4 Å². The molecular formula is C19H23BFN3O3. The van der Waals surface area contributed by atoms with E-state index in [1.54, 1.807) is 6.07 Å². The Bertz CT molecular complexity index is 890. The summed E-state index contributed by atoms with van der Waals surface area (Å²) in [5.74, 6) is 0.292. The molecule has 2 aliphatic heterocycles. The molecule has 2 aromatic rings. The molecule has 0 bridgehead atoms. The summed E-state index contributed by atoms with van der Waals surface area (Å²) in [6.07, 6.45) is 3.51. The number of halogens is 1. The monoisotopic (exact) mass is 371 g/mol. The van der Waals surface area contributed by atoms with Gasteiger partial charge in [-0.2, -0.15) is 5.10 Å². The lowest BCUT2D eigenvalue weighted by Gasteiger charge is -2.32. The number of aromatic nitrogens is 3. The predicted octanol–water partition coefficient (Wildman–Crippen LogP) is 2.56. The second kappa shape index (κ2) is 5.32. The molecule has 1 aliphatic carbocycles. The van der Waals surface area contributed by atoms with Gasteiger partial charge < -0.3 is 14.0 Å². The fourth-order valence-electron chi connectivity index (χ4n) is 3.66. The maximum absolute atomic E-state index is 13.4. The lowest BCUT2D eigenvalue weighted by molar-refractivity contribution is 0.00578. The first kappa shape index (κ1) is 17.2. The van der Waals surface area contributed by atoms with Gasteiger partial charge in [0, 0.05) is 5.41 Å². The highest BCUT2D eigenvalue weighted by Gasteiger charge is 2.56. The zero-order chi connectivity index (χ0) is 19.0. The van der Waals surface area contributed by atoms with Crippen LogP contribution in [0, 0.1) is 11.2 Å². The van der Waals surface area contributed by atoms with Crippen molar-refractivity contribution in [3.63, 3.8) is 0 Å². The van der Waals surface area contributed by atoms with Crippen molar-refractivity contribution in [2.24, 2.45) is 5.41 Å². The summed E-state index contributed by atoms with van der Waals surface area (Å²) in [7, 11) is -0.617. The standard InChI is InChI=1S/C19H23BFN3O3/c1-17(2)18(3,4)27-20(26-17)14-15(13-6-5-12(21)9-22-13)23-24-10-19(7-8-19)11-25-16(14)24/h5-6,9H,7-8,10-11H2,1-4H3. The van der Waals surface area contributed by atoms with Gasteiger partial charge in [-0.25, -0.2) is 9.07 Å². The minimum absolute atomic E-state index is 0.208. The largest absolute Gasteiger partial charge is 0.502 e. The number of nitrogens with zero attached hydrogens (tertiary/aromatic N) is 3. The molecule has 0 atom stereocenters. The van der Waals surface area contributed by atoms with E-state index in [2.05, 4.69) is 4.98 Å². The van der Waals surface area contributed by atoms with Crippen LogP contribution in [-0.4, -0.2) is 39.7 Å². The predicted molar refractivity (Wildman–Crippen MR) is 98.3 cm³/mol. The Balaban J connectivity index is 1.63. The van der Waals surface area contributed by atoms with E-state index in [0.717, 1.165) is 24.8 Å². The van der Waals surface area contributed by atoms with Crippen molar-refractivity contribution in [2.75, 3.05) is 6.61 Å². The molecular weight excluding hydrogens is 348 g/mol. The summed E-state index contributed by atoms with van der Waals surface area (Å²) in [6, 6.07) is 3.02. The summed E-state index contributed by atoms with van der Waals surface area (Å²) < 4.78 is 34.0. The zero-order valence-corrected chi connectivity index (χ0v) is 16.1. The van der Waals surface area contributed by atoms with Gasteiger partial charge in [0.15, 0.2) is 0 Å². The topological polar surface area (TPSA) is 58.4 Å². The molecule has 0 unspecified atom stereocenters. The maximum atomic E-state index is 13.4. The minimum atomic E-state index is -0.617. The quantitative estimate of drug-likeness (QED) is 0.760. The van der Waals surface area contributed by atoms with E-state index in [1.165, 1.54) is 12.3 Å². The van der Waals surface area contributed by atoms with Crippen molar-refractivity contribution in [2.45, 2.75) is 58.3 Å². The third-order valence-corrected chi connectivity index (χ3v) is 6.36. The Morgan fingerprint density at radius 1 is 1.11 bits per heavy atom. The van der Waals surface area contributed by atoms with Gasteiger partial charge in [0.2, 0.25) is 5.88 Å². The summed E-state index contributed by atoms with van der Waals surface area (Å²) in [5.41, 5.74) is 1.19. The van der Waals surface area contributed by atoms with Crippen LogP contribution >= 0.6 is 0 Å². The van der Waals surface area contributed by atoms with Crippen LogP contribution in [0.25, 0.3) is 11.4 Å². The zero-order valence-electron chi connectivity index (χ0n) is 16.1. The van der Waals surface area contributed by atoms with Crippen molar-refractivity contribution in [3.05, 3.63) is 24.1 Å². The lowest BCUT2D eigenvalue weighted by atomic mass is 9.77. The van der Waals surface area contributed by atoms with E-state index in [9.17, 15) is 4.39 Å². The van der Waals surface area contributed by atoms with E-state index in [4.69, 9.17) is 19.1 Å². The highest BCUT2D eigenvalue weighted by molar-refractivity contribution is 6.64. The van der Waals surface area contributed by atoms with Crippen molar-refractivity contribution in [3.8, 4) is 17.3 Å². The van der Waals surface area contributed by atoms with Gasteiger partial charge in [-0.3, -0.25) is 4.98 Å². The highest BCUT2D eigenvalue weighted by atomic mass is 19.1. The third-order valence-electron chi connectivity index (χ3n) is 6.36. The number of fused-ring (bicyclic) bond motifs is 1. The molecule has 2 aromatic heterocycles. The van der Waals surface area contributed by atoms with Crippen LogP contribution in [-0.2, 0) is 15.9 Å². The van der Waals surface area contributed by atoms with Crippen molar-refractivity contribution in [1.82, 2.24) is 14.8 Å². The molecule has 0 amide bonds. The lowest BCUT2D eigenvalue weighted by Crippen LogP contribution is -2.41. The van der Waals surface area contributed by atoms with Gasteiger partial charge in [0.25, 0.3) is 0 Å². The molecule has 0 N–H and O–H groups in total. The molecule has 0 radical (unpaired) electrons. The van der Waals surface area contributed by atoms with Crippen LogP contribution in [0.15, 0.2) is 18.3 Å². The Hall–Kier alpha value is -1.93. The third kappa shape index (κ3) is 2.61. The number of pyridine rings is 1. The number of rotatable bonds is 2. The van der Waals surface area contributed by atoms with Crippen LogP contribution in [0.2, 0.25) is 0 Å². The van der Waals surface area contributed by atoms with Gasteiger partial charge in [-0.05, 0) is 52.7 Å². The first-order valence-electron chi connectivity index (χ1n) is 9.41. The maximum Gasteiger partial charge on any atom is 0.502 e. The number of ether oxygens (including phenoxy) is 1. The second-order valence-electron chi connectivity index (χ2n) is 8.96. The molecule has 6 nitrogen and oxygen atoms in total. The summed E-state index contributed by atoms with van der Waals surface area (Å²) >= 11 is 0. The molecule has 8 heteroatoms. The molecule has 5 rings (SSSR count). The Morgan fingerprint density at radius 2 is 1.81 bits per heavy atom. The van der Waals surface area contributed by atoms with Gasteiger partial charge in [0.1, 0.15) is 11.5 Å². The Labute approximate surface area is 158 Å². The highest BCUT2D eigenvalue weighted by Crippen LogP contribution is 2.50. The number of hydrogen-bond donors (Lipinski definition) is 0. The number of hydrogen-bond acceptors (Lipinski definition) is 5. The van der Waals surface area contributed by atoms with E-state index >= 15 is 0 Å². The van der Waals surface area contributed by atoms with Crippen LogP contribution < -0.4 is 10.2 Å². The molecule has 4 heterocycles. The average molecular weight is 371 g/mol. The Kier molecular flexibility index (Phi) is 3.39. The van der Waals surface area contributed by atoms with Crippen LogP contribution in [0.1, 0.15) is 40.5 Å². The summed E-state index contributed by atoms with van der Waals surface area (Å²) in [4.78, 5) is 4.23. The Morgan fingerprint density at radius 3 is 2.41 bits per heavy atom. The van der Waals surface area contributed by atoms with Crippen molar-refractivity contribution >= 4 is 12.6 Å². The minimum Gasteiger partial charge on any atom is -0.477 e. The smallest absolute Gasteiger partial charge is 0.477 e. The second-order valence-corrected chi connectivity index (χ2v) is 8.96. The van der Waals surface area contributed by atoms with E-state index in [1.807, 2.05) is 32.4 Å². The molecule has 1 saturated heterocycles. The first-order valence-corrected chi connectivity index (χ1v) is 9.41. The normalized spacial score (nSPS) is 24.0.